The molecule has 6 amide bonds. The summed E-state index contributed by atoms with van der Waals surface area (Å²) in [5.74, 6) is -2.11. The number of carbonyl (C=O) groups excluding carboxylic acids is 6. The number of cyclic esters (lactones) is 2. The fourth-order valence-electron chi connectivity index (χ4n) is 6.33. The molecular weight excluding hydrogens is 592 g/mol. The molecule has 2 unspecified atom stereocenters. The van der Waals surface area contributed by atoms with Gasteiger partial charge in [-0.2, -0.15) is 0 Å². The predicted octanol–water partition coefficient (Wildman–Crippen LogP) is 2.70. The summed E-state index contributed by atoms with van der Waals surface area (Å²) in [5.41, 5.74) is 0.427. The number of hydrogen-bond acceptors (Lipinski definition) is 8. The standard InChI is InChI=1S/2C17H20N2O4/c2*1-17(2)13(9-18-15(17)21)14(20)19-12(10-23-16(19)22)8-11-6-4-3-5-7-11/h2*3-7,12-13H,8-10H2,1-2H3,(H,18,21)/t12?,13-;12-,13?/m11/s1. The molecule has 4 fully saturated rings. The van der Waals surface area contributed by atoms with Crippen LogP contribution in [0.5, 0.6) is 0 Å². The van der Waals surface area contributed by atoms with Crippen molar-refractivity contribution in [1.82, 2.24) is 20.4 Å². The summed E-state index contributed by atoms with van der Waals surface area (Å²) < 4.78 is 10.2. The number of ether oxygens (including phenoxy) is 2. The van der Waals surface area contributed by atoms with Crippen molar-refractivity contribution in [1.29, 1.82) is 0 Å². The van der Waals surface area contributed by atoms with Gasteiger partial charge in [-0.1, -0.05) is 88.4 Å². The Kier molecular flexibility index (Phi) is 9.18. The van der Waals surface area contributed by atoms with Crippen LogP contribution in [0.15, 0.2) is 60.7 Å². The number of imide groups is 2. The Bertz CT molecular complexity index is 1400. The Balaban J connectivity index is 0.000000181. The van der Waals surface area contributed by atoms with Gasteiger partial charge in [0.05, 0.1) is 34.7 Å². The van der Waals surface area contributed by atoms with Crippen LogP contribution in [0.3, 0.4) is 0 Å². The Morgan fingerprint density at radius 3 is 1.30 bits per heavy atom. The minimum Gasteiger partial charge on any atom is -0.447 e. The van der Waals surface area contributed by atoms with Crippen molar-refractivity contribution in [2.75, 3.05) is 26.3 Å². The van der Waals surface area contributed by atoms with Gasteiger partial charge in [-0.3, -0.25) is 19.2 Å². The molecule has 46 heavy (non-hydrogen) atoms. The molecule has 2 aromatic carbocycles. The molecule has 4 aliphatic rings. The van der Waals surface area contributed by atoms with Gasteiger partial charge < -0.3 is 20.1 Å². The topological polar surface area (TPSA) is 151 Å². The molecule has 4 heterocycles. The quantitative estimate of drug-likeness (QED) is 0.494. The molecule has 6 rings (SSSR count). The average molecular weight is 633 g/mol. The van der Waals surface area contributed by atoms with E-state index < -0.39 is 34.9 Å². The number of nitrogens with zero attached hydrogens (tertiary/aromatic N) is 2. The van der Waals surface area contributed by atoms with E-state index in [1.54, 1.807) is 27.7 Å². The highest BCUT2D eigenvalue weighted by Gasteiger charge is 2.52. The number of amides is 6. The van der Waals surface area contributed by atoms with Gasteiger partial charge in [-0.05, 0) is 24.0 Å². The van der Waals surface area contributed by atoms with Gasteiger partial charge in [0, 0.05) is 13.1 Å². The van der Waals surface area contributed by atoms with E-state index in [9.17, 15) is 28.8 Å². The van der Waals surface area contributed by atoms with E-state index in [1.807, 2.05) is 60.7 Å². The maximum absolute atomic E-state index is 12.9. The molecule has 2 aromatic rings. The van der Waals surface area contributed by atoms with E-state index in [2.05, 4.69) is 10.6 Å². The lowest BCUT2D eigenvalue weighted by Gasteiger charge is -2.28. The fourth-order valence-corrected chi connectivity index (χ4v) is 6.33. The Labute approximate surface area is 267 Å². The van der Waals surface area contributed by atoms with Crippen LogP contribution in [0, 0.1) is 22.7 Å². The zero-order valence-electron chi connectivity index (χ0n) is 26.5. The molecule has 0 aliphatic carbocycles. The highest BCUT2D eigenvalue weighted by atomic mass is 16.6. The Hall–Kier alpha value is -4.74. The molecule has 0 bridgehead atoms. The fraction of sp³-hybridized carbons (Fsp3) is 0.471. The van der Waals surface area contributed by atoms with Gasteiger partial charge in [0.1, 0.15) is 13.2 Å². The van der Waals surface area contributed by atoms with E-state index in [-0.39, 0.29) is 62.0 Å². The second-order valence-electron chi connectivity index (χ2n) is 13.2. The lowest BCUT2D eigenvalue weighted by atomic mass is 9.80. The van der Waals surface area contributed by atoms with Gasteiger partial charge in [0.25, 0.3) is 0 Å². The molecule has 0 aromatic heterocycles. The zero-order valence-corrected chi connectivity index (χ0v) is 26.5. The molecule has 12 heteroatoms. The third kappa shape index (κ3) is 6.33. The van der Waals surface area contributed by atoms with E-state index in [0.717, 1.165) is 11.1 Å². The summed E-state index contributed by atoms with van der Waals surface area (Å²) in [6.07, 6.45) is -0.142. The Morgan fingerprint density at radius 2 is 1.00 bits per heavy atom. The van der Waals surface area contributed by atoms with Crippen LogP contribution in [0.1, 0.15) is 38.8 Å². The van der Waals surface area contributed by atoms with Gasteiger partial charge in [-0.15, -0.1) is 0 Å². The molecule has 2 N–H and O–H groups in total. The van der Waals surface area contributed by atoms with Crippen LogP contribution in [0.4, 0.5) is 9.59 Å². The van der Waals surface area contributed by atoms with E-state index in [0.29, 0.717) is 12.8 Å². The minimum absolute atomic E-state index is 0.164. The molecule has 4 aliphatic heterocycles. The second kappa shape index (κ2) is 12.9. The monoisotopic (exact) mass is 632 g/mol. The predicted molar refractivity (Wildman–Crippen MR) is 165 cm³/mol. The van der Waals surface area contributed by atoms with Crippen LogP contribution in [0.2, 0.25) is 0 Å². The lowest BCUT2D eigenvalue weighted by Crippen LogP contribution is -2.47. The minimum atomic E-state index is -0.822. The van der Waals surface area contributed by atoms with Gasteiger partial charge in [-0.25, -0.2) is 19.4 Å². The first-order valence-corrected chi connectivity index (χ1v) is 15.5. The van der Waals surface area contributed by atoms with Crippen LogP contribution in [-0.4, -0.2) is 84.0 Å². The smallest absolute Gasteiger partial charge is 0.416 e. The number of nitrogens with one attached hydrogen (secondary N) is 2. The first-order valence-electron chi connectivity index (χ1n) is 15.5. The molecule has 4 saturated heterocycles. The van der Waals surface area contributed by atoms with Crippen molar-refractivity contribution in [2.24, 2.45) is 22.7 Å². The van der Waals surface area contributed by atoms with Crippen LogP contribution < -0.4 is 10.6 Å². The highest BCUT2D eigenvalue weighted by Crippen LogP contribution is 2.36. The summed E-state index contributed by atoms with van der Waals surface area (Å²) in [6.45, 7) is 7.80. The van der Waals surface area contributed by atoms with Gasteiger partial charge in [0.15, 0.2) is 0 Å². The Morgan fingerprint density at radius 1 is 0.652 bits per heavy atom. The van der Waals surface area contributed by atoms with Crippen molar-refractivity contribution >= 4 is 35.8 Å². The van der Waals surface area contributed by atoms with Crippen molar-refractivity contribution in [2.45, 2.75) is 52.6 Å². The van der Waals surface area contributed by atoms with Crippen molar-refractivity contribution in [3.8, 4) is 0 Å². The average Bonchev–Trinajstić information content (AvgIpc) is 3.73. The first-order chi connectivity index (χ1) is 21.8. The summed E-state index contributed by atoms with van der Waals surface area (Å²) >= 11 is 0. The largest absolute Gasteiger partial charge is 0.447 e. The van der Waals surface area contributed by atoms with Gasteiger partial charge in [0.2, 0.25) is 23.6 Å². The summed E-state index contributed by atoms with van der Waals surface area (Å²) in [6, 6.07) is 18.7. The molecule has 0 radical (unpaired) electrons. The molecule has 0 spiro atoms. The third-order valence-electron chi connectivity index (χ3n) is 9.47. The number of rotatable bonds is 6. The maximum Gasteiger partial charge on any atom is 0.416 e. The van der Waals surface area contributed by atoms with E-state index in [1.165, 1.54) is 9.80 Å². The summed E-state index contributed by atoms with van der Waals surface area (Å²) in [5, 5.41) is 5.41. The zero-order chi connectivity index (χ0) is 33.2. The van der Waals surface area contributed by atoms with Crippen molar-refractivity contribution in [3.05, 3.63) is 71.8 Å². The normalized spacial score (nSPS) is 26.1. The second-order valence-corrected chi connectivity index (χ2v) is 13.2. The molecule has 244 valence electrons. The van der Waals surface area contributed by atoms with Gasteiger partial charge >= 0.3 is 12.2 Å². The van der Waals surface area contributed by atoms with Crippen molar-refractivity contribution in [3.63, 3.8) is 0 Å². The highest BCUT2D eigenvalue weighted by molar-refractivity contribution is 6.01. The number of carbonyl (C=O) groups is 6. The SMILES string of the molecule is CC1(C)C(=O)NCC1C(=O)N1C(=O)OC[C@H]1Cc1ccccc1.CC1(C)C(=O)NC[C@@H]1C(=O)N1C(=O)OCC1Cc1ccccc1. The molecule has 0 saturated carbocycles. The lowest BCUT2D eigenvalue weighted by molar-refractivity contribution is -0.140. The van der Waals surface area contributed by atoms with Crippen LogP contribution in [-0.2, 0) is 41.5 Å². The molecular formula is C34H40N4O8. The molecule has 12 nitrogen and oxygen atoms in total. The van der Waals surface area contributed by atoms with Crippen molar-refractivity contribution < 1.29 is 38.2 Å². The first kappa shape index (κ1) is 32.6. The summed E-state index contributed by atoms with van der Waals surface area (Å²) in [7, 11) is 0. The van der Waals surface area contributed by atoms with E-state index >= 15 is 0 Å². The number of benzene rings is 2. The third-order valence-corrected chi connectivity index (χ3v) is 9.47. The van der Waals surface area contributed by atoms with E-state index in [4.69, 9.17) is 9.47 Å². The summed E-state index contributed by atoms with van der Waals surface area (Å²) in [4.78, 5) is 75.9. The maximum atomic E-state index is 12.9. The van der Waals surface area contributed by atoms with Crippen LogP contribution >= 0.6 is 0 Å². The molecule has 4 atom stereocenters. The number of hydrogen-bond donors (Lipinski definition) is 2. The van der Waals surface area contributed by atoms with Crippen LogP contribution in [0.25, 0.3) is 0 Å².